The Bertz CT molecular complexity index is 707. The van der Waals surface area contributed by atoms with Crippen molar-refractivity contribution in [2.75, 3.05) is 26.2 Å². The quantitative estimate of drug-likeness (QED) is 0.795. The van der Waals surface area contributed by atoms with Gasteiger partial charge in [0.2, 0.25) is 0 Å². The number of hydrogen-bond acceptors (Lipinski definition) is 2. The lowest BCUT2D eigenvalue weighted by Gasteiger charge is -2.30. The number of hydrazone groups is 1. The standard InChI is InChI=1S/C19H21BrFN3/c1-15-2-4-16(5-3-15)14-23-8-10-24(11-9-23)22-13-17-12-18(20)6-7-19(17)21/h2-7,12-13H,8-11,14H2,1H3/p+1/b22-13-. The third-order valence-corrected chi connectivity index (χ3v) is 4.83. The van der Waals surface area contributed by atoms with Crippen LogP contribution in [0, 0.1) is 12.7 Å². The van der Waals surface area contributed by atoms with E-state index in [1.54, 1.807) is 23.2 Å². The first-order chi connectivity index (χ1) is 11.6. The molecule has 1 N–H and O–H groups in total. The van der Waals surface area contributed by atoms with Crippen molar-refractivity contribution < 1.29 is 9.29 Å². The number of rotatable bonds is 4. The van der Waals surface area contributed by atoms with Crippen LogP contribution in [0.4, 0.5) is 4.39 Å². The topological polar surface area (TPSA) is 20.0 Å². The molecule has 1 saturated heterocycles. The van der Waals surface area contributed by atoms with E-state index in [1.165, 1.54) is 17.2 Å². The van der Waals surface area contributed by atoms with Gasteiger partial charge >= 0.3 is 0 Å². The Morgan fingerprint density at radius 2 is 1.88 bits per heavy atom. The number of benzene rings is 2. The zero-order valence-electron chi connectivity index (χ0n) is 13.8. The molecule has 1 aliphatic rings. The molecule has 126 valence electrons. The van der Waals surface area contributed by atoms with Crippen molar-refractivity contribution in [1.29, 1.82) is 0 Å². The highest BCUT2D eigenvalue weighted by molar-refractivity contribution is 9.10. The van der Waals surface area contributed by atoms with Crippen LogP contribution in [0.25, 0.3) is 0 Å². The summed E-state index contributed by atoms with van der Waals surface area (Å²) < 4.78 is 14.6. The molecule has 1 aliphatic heterocycles. The first-order valence-electron chi connectivity index (χ1n) is 8.23. The van der Waals surface area contributed by atoms with E-state index in [1.807, 2.05) is 5.01 Å². The Labute approximate surface area is 150 Å². The molecule has 0 unspecified atom stereocenters. The second-order valence-corrected chi connectivity index (χ2v) is 7.19. The van der Waals surface area contributed by atoms with Crippen molar-refractivity contribution >= 4 is 22.1 Å². The van der Waals surface area contributed by atoms with E-state index in [4.69, 9.17) is 0 Å². The minimum Gasteiger partial charge on any atom is -0.328 e. The molecule has 3 nitrogen and oxygen atoms in total. The van der Waals surface area contributed by atoms with Crippen LogP contribution < -0.4 is 4.90 Å². The third-order valence-electron chi connectivity index (χ3n) is 4.34. The van der Waals surface area contributed by atoms with E-state index in [-0.39, 0.29) is 5.82 Å². The van der Waals surface area contributed by atoms with E-state index in [0.29, 0.717) is 5.56 Å². The first kappa shape index (κ1) is 17.1. The zero-order chi connectivity index (χ0) is 16.9. The van der Waals surface area contributed by atoms with Gasteiger partial charge in [0.1, 0.15) is 12.4 Å². The summed E-state index contributed by atoms with van der Waals surface area (Å²) in [4.78, 5) is 1.57. The lowest BCUT2D eigenvalue weighted by Crippen LogP contribution is -3.13. The van der Waals surface area contributed by atoms with Gasteiger partial charge in [0, 0.05) is 15.6 Å². The molecule has 24 heavy (non-hydrogen) atoms. The molecule has 0 bridgehead atoms. The van der Waals surface area contributed by atoms with Gasteiger partial charge in [-0.05, 0) is 25.1 Å². The summed E-state index contributed by atoms with van der Waals surface area (Å²) in [6.07, 6.45) is 1.62. The minimum absolute atomic E-state index is 0.245. The normalized spacial score (nSPS) is 16.0. The van der Waals surface area contributed by atoms with Crippen molar-refractivity contribution in [3.63, 3.8) is 0 Å². The summed E-state index contributed by atoms with van der Waals surface area (Å²) in [6, 6.07) is 13.7. The van der Waals surface area contributed by atoms with Gasteiger partial charge in [-0.2, -0.15) is 5.10 Å². The molecular weight excluding hydrogens is 369 g/mol. The average Bonchev–Trinajstić information content (AvgIpc) is 2.59. The number of nitrogens with one attached hydrogen (secondary N) is 1. The van der Waals surface area contributed by atoms with Crippen molar-refractivity contribution in [3.05, 3.63) is 69.4 Å². The van der Waals surface area contributed by atoms with Gasteiger partial charge in [-0.25, -0.2) is 4.39 Å². The van der Waals surface area contributed by atoms with Gasteiger partial charge in [0.25, 0.3) is 0 Å². The Kier molecular flexibility index (Phi) is 5.63. The fraction of sp³-hybridized carbons (Fsp3) is 0.316. The molecule has 2 aromatic carbocycles. The SMILES string of the molecule is Cc1ccc(C[NH+]2CCN(/N=C\c3cc(Br)ccc3F)CC2)cc1. The summed E-state index contributed by atoms with van der Waals surface area (Å²) in [5.74, 6) is -0.245. The van der Waals surface area contributed by atoms with Crippen molar-refractivity contribution in [1.82, 2.24) is 5.01 Å². The number of piperazine rings is 1. The molecule has 0 saturated carbocycles. The van der Waals surface area contributed by atoms with E-state index < -0.39 is 0 Å². The number of quaternary nitrogens is 1. The first-order valence-corrected chi connectivity index (χ1v) is 9.02. The van der Waals surface area contributed by atoms with Crippen LogP contribution >= 0.6 is 15.9 Å². The van der Waals surface area contributed by atoms with Crippen molar-refractivity contribution in [2.45, 2.75) is 13.5 Å². The molecule has 0 radical (unpaired) electrons. The number of hydrogen-bond donors (Lipinski definition) is 1. The fourth-order valence-corrected chi connectivity index (χ4v) is 3.23. The molecule has 3 rings (SSSR count). The monoisotopic (exact) mass is 390 g/mol. The van der Waals surface area contributed by atoms with Gasteiger partial charge in [0.05, 0.1) is 32.4 Å². The van der Waals surface area contributed by atoms with Crippen LogP contribution in [0.15, 0.2) is 52.0 Å². The van der Waals surface area contributed by atoms with Crippen LogP contribution in [0.3, 0.4) is 0 Å². The maximum absolute atomic E-state index is 13.7. The molecular formula is C19H22BrFN3+. The van der Waals surface area contributed by atoms with Crippen molar-refractivity contribution in [3.8, 4) is 0 Å². The summed E-state index contributed by atoms with van der Waals surface area (Å²) in [6.45, 7) is 7.05. The minimum atomic E-state index is -0.245. The highest BCUT2D eigenvalue weighted by Crippen LogP contribution is 2.14. The average molecular weight is 391 g/mol. The van der Waals surface area contributed by atoms with E-state index in [0.717, 1.165) is 37.2 Å². The van der Waals surface area contributed by atoms with Gasteiger partial charge < -0.3 is 4.90 Å². The molecule has 0 atom stereocenters. The molecule has 1 fully saturated rings. The molecule has 0 amide bonds. The van der Waals surface area contributed by atoms with Crippen molar-refractivity contribution in [2.24, 2.45) is 5.10 Å². The van der Waals surface area contributed by atoms with Crippen LogP contribution in [-0.4, -0.2) is 37.4 Å². The Morgan fingerprint density at radius 3 is 2.58 bits per heavy atom. The smallest absolute Gasteiger partial charge is 0.132 e. The Hall–Kier alpha value is -1.72. The van der Waals surface area contributed by atoms with Crippen LogP contribution in [0.5, 0.6) is 0 Å². The van der Waals surface area contributed by atoms with Gasteiger partial charge in [-0.1, -0.05) is 45.8 Å². The van der Waals surface area contributed by atoms with E-state index >= 15 is 0 Å². The maximum Gasteiger partial charge on any atom is 0.132 e. The molecule has 0 aromatic heterocycles. The second-order valence-electron chi connectivity index (χ2n) is 6.28. The number of nitrogens with zero attached hydrogens (tertiary/aromatic N) is 2. The van der Waals surface area contributed by atoms with Gasteiger partial charge in [-0.15, -0.1) is 0 Å². The molecule has 0 aliphatic carbocycles. The zero-order valence-corrected chi connectivity index (χ0v) is 15.4. The summed E-state index contributed by atoms with van der Waals surface area (Å²) in [5.41, 5.74) is 3.19. The highest BCUT2D eigenvalue weighted by atomic mass is 79.9. The lowest BCUT2D eigenvalue weighted by atomic mass is 10.1. The summed E-state index contributed by atoms with van der Waals surface area (Å²) >= 11 is 3.36. The fourth-order valence-electron chi connectivity index (χ4n) is 2.86. The second kappa shape index (κ2) is 7.90. The molecule has 2 aromatic rings. The van der Waals surface area contributed by atoms with Gasteiger partial charge in [0.15, 0.2) is 0 Å². The van der Waals surface area contributed by atoms with Crippen LogP contribution in [0.2, 0.25) is 0 Å². The summed E-state index contributed by atoms with van der Waals surface area (Å²) in [7, 11) is 0. The van der Waals surface area contributed by atoms with E-state index in [2.05, 4.69) is 52.2 Å². The maximum atomic E-state index is 13.7. The molecule has 1 heterocycles. The summed E-state index contributed by atoms with van der Waals surface area (Å²) in [5, 5.41) is 6.47. The lowest BCUT2D eigenvalue weighted by molar-refractivity contribution is -0.918. The van der Waals surface area contributed by atoms with Crippen LogP contribution in [-0.2, 0) is 6.54 Å². The Morgan fingerprint density at radius 1 is 1.17 bits per heavy atom. The third kappa shape index (κ3) is 4.65. The largest absolute Gasteiger partial charge is 0.328 e. The molecule has 5 heteroatoms. The van der Waals surface area contributed by atoms with E-state index in [9.17, 15) is 4.39 Å². The molecule has 0 spiro atoms. The predicted octanol–water partition coefficient (Wildman–Crippen LogP) is 2.63. The highest BCUT2D eigenvalue weighted by Gasteiger charge is 2.18. The number of aryl methyl sites for hydroxylation is 1. The predicted molar refractivity (Wildman–Crippen MR) is 98.8 cm³/mol. The van der Waals surface area contributed by atoms with Crippen LogP contribution in [0.1, 0.15) is 16.7 Å². The van der Waals surface area contributed by atoms with Gasteiger partial charge in [-0.3, -0.25) is 5.01 Å². The number of halogens is 2. The Balaban J connectivity index is 1.52.